The van der Waals surface area contributed by atoms with Crippen LogP contribution < -0.4 is 0 Å². The molecule has 2 aromatic rings. The first-order valence-corrected chi connectivity index (χ1v) is 7.40. The Morgan fingerprint density at radius 2 is 1.70 bits per heavy atom. The van der Waals surface area contributed by atoms with E-state index in [1.54, 1.807) is 12.1 Å². The molecule has 1 nitrogen and oxygen atoms in total. The van der Waals surface area contributed by atoms with Gasteiger partial charge in [0, 0.05) is 16.5 Å². The zero-order valence-electron chi connectivity index (χ0n) is 11.3. The predicted molar refractivity (Wildman–Crippen MR) is 82.5 cm³/mol. The second-order valence-corrected chi connectivity index (χ2v) is 5.84. The van der Waals surface area contributed by atoms with Crippen molar-refractivity contribution in [3.63, 3.8) is 0 Å². The zero-order valence-corrected chi connectivity index (χ0v) is 12.9. The van der Waals surface area contributed by atoms with Gasteiger partial charge in [0.05, 0.1) is 0 Å². The molecule has 0 spiro atoms. The highest BCUT2D eigenvalue weighted by Gasteiger charge is 2.10. The SMILES string of the molecule is C[C@H](CCC(=O)c1ccc(F)cc1)c1ccc(Br)cc1. The van der Waals surface area contributed by atoms with E-state index in [-0.39, 0.29) is 11.6 Å². The third-order valence-corrected chi connectivity index (χ3v) is 3.94. The van der Waals surface area contributed by atoms with Gasteiger partial charge < -0.3 is 0 Å². The number of hydrogen-bond donors (Lipinski definition) is 0. The van der Waals surface area contributed by atoms with Crippen molar-refractivity contribution >= 4 is 21.7 Å². The van der Waals surface area contributed by atoms with E-state index in [9.17, 15) is 9.18 Å². The maximum atomic E-state index is 12.8. The van der Waals surface area contributed by atoms with E-state index < -0.39 is 0 Å². The quantitative estimate of drug-likeness (QED) is 0.673. The Balaban J connectivity index is 1.92. The van der Waals surface area contributed by atoms with E-state index in [2.05, 4.69) is 35.0 Å². The lowest BCUT2D eigenvalue weighted by Gasteiger charge is -2.11. The van der Waals surface area contributed by atoms with Crippen molar-refractivity contribution in [2.45, 2.75) is 25.7 Å². The second-order valence-electron chi connectivity index (χ2n) is 4.92. The summed E-state index contributed by atoms with van der Waals surface area (Å²) >= 11 is 3.41. The molecule has 2 aromatic carbocycles. The van der Waals surface area contributed by atoms with Crippen LogP contribution >= 0.6 is 15.9 Å². The summed E-state index contributed by atoms with van der Waals surface area (Å²) in [6.07, 6.45) is 1.26. The summed E-state index contributed by atoms with van der Waals surface area (Å²) in [5.41, 5.74) is 1.80. The summed E-state index contributed by atoms with van der Waals surface area (Å²) in [6.45, 7) is 2.11. The van der Waals surface area contributed by atoms with Crippen molar-refractivity contribution in [2.24, 2.45) is 0 Å². The summed E-state index contributed by atoms with van der Waals surface area (Å²) in [6, 6.07) is 13.9. The smallest absolute Gasteiger partial charge is 0.162 e. The molecule has 0 N–H and O–H groups in total. The van der Waals surface area contributed by atoms with E-state index >= 15 is 0 Å². The van der Waals surface area contributed by atoms with Crippen LogP contribution in [0.25, 0.3) is 0 Å². The number of benzene rings is 2. The Morgan fingerprint density at radius 3 is 2.30 bits per heavy atom. The maximum absolute atomic E-state index is 12.8. The molecule has 0 radical (unpaired) electrons. The summed E-state index contributed by atoms with van der Waals surface area (Å²) in [4.78, 5) is 12.0. The minimum Gasteiger partial charge on any atom is -0.294 e. The molecule has 0 saturated carbocycles. The molecular formula is C17H16BrFO. The fourth-order valence-corrected chi connectivity index (χ4v) is 2.35. The van der Waals surface area contributed by atoms with Crippen LogP contribution in [0.5, 0.6) is 0 Å². The van der Waals surface area contributed by atoms with Gasteiger partial charge in [-0.05, 0) is 54.3 Å². The summed E-state index contributed by atoms with van der Waals surface area (Å²) in [5, 5.41) is 0. The molecule has 20 heavy (non-hydrogen) atoms. The predicted octanol–water partition coefficient (Wildman–Crippen LogP) is 5.35. The van der Waals surface area contributed by atoms with Crippen molar-refractivity contribution in [3.8, 4) is 0 Å². The first kappa shape index (κ1) is 14.9. The molecule has 1 atom stereocenters. The number of hydrogen-bond acceptors (Lipinski definition) is 1. The highest BCUT2D eigenvalue weighted by molar-refractivity contribution is 9.10. The minimum absolute atomic E-state index is 0.0639. The van der Waals surface area contributed by atoms with Crippen molar-refractivity contribution in [2.75, 3.05) is 0 Å². The molecular weight excluding hydrogens is 319 g/mol. The van der Waals surface area contributed by atoms with Gasteiger partial charge in [0.2, 0.25) is 0 Å². The van der Waals surface area contributed by atoms with Crippen LogP contribution in [-0.4, -0.2) is 5.78 Å². The second kappa shape index (κ2) is 6.80. The van der Waals surface area contributed by atoms with Crippen LogP contribution in [0, 0.1) is 5.82 Å². The summed E-state index contributed by atoms with van der Waals surface area (Å²) in [5.74, 6) is 0.0752. The Bertz CT molecular complexity index is 575. The average Bonchev–Trinajstić information content (AvgIpc) is 2.46. The third kappa shape index (κ3) is 4.01. The van der Waals surface area contributed by atoms with Gasteiger partial charge in [0.25, 0.3) is 0 Å². The van der Waals surface area contributed by atoms with E-state index in [1.807, 2.05) is 12.1 Å². The molecule has 0 aliphatic rings. The first-order chi connectivity index (χ1) is 9.56. The van der Waals surface area contributed by atoms with Crippen LogP contribution in [0.4, 0.5) is 4.39 Å². The van der Waals surface area contributed by atoms with Crippen LogP contribution in [0.2, 0.25) is 0 Å². The van der Waals surface area contributed by atoms with Crippen LogP contribution in [0.15, 0.2) is 53.0 Å². The largest absolute Gasteiger partial charge is 0.294 e. The highest BCUT2D eigenvalue weighted by Crippen LogP contribution is 2.23. The number of carbonyl (C=O) groups is 1. The summed E-state index contributed by atoms with van der Waals surface area (Å²) < 4.78 is 13.9. The molecule has 0 amide bonds. The standard InChI is InChI=1S/C17H16BrFO/c1-12(13-3-7-15(18)8-4-13)2-11-17(20)14-5-9-16(19)10-6-14/h3-10,12H,2,11H2,1H3/t12-/m1/s1. The summed E-state index contributed by atoms with van der Waals surface area (Å²) in [7, 11) is 0. The molecule has 0 aliphatic carbocycles. The number of Topliss-reactive ketones (excluding diaryl/α,β-unsaturated/α-hetero) is 1. The molecule has 0 unspecified atom stereocenters. The van der Waals surface area contributed by atoms with E-state index in [4.69, 9.17) is 0 Å². The Hall–Kier alpha value is -1.48. The minimum atomic E-state index is -0.315. The molecule has 104 valence electrons. The molecule has 0 aliphatic heterocycles. The Kier molecular flexibility index (Phi) is 5.07. The van der Waals surface area contributed by atoms with E-state index in [0.29, 0.717) is 17.9 Å². The van der Waals surface area contributed by atoms with Crippen molar-refractivity contribution in [3.05, 3.63) is 69.9 Å². The monoisotopic (exact) mass is 334 g/mol. The molecule has 0 saturated heterocycles. The van der Waals surface area contributed by atoms with Crippen LogP contribution in [0.1, 0.15) is 41.6 Å². The number of carbonyl (C=O) groups excluding carboxylic acids is 1. The number of halogens is 2. The van der Waals surface area contributed by atoms with Gasteiger partial charge in [-0.1, -0.05) is 35.0 Å². The van der Waals surface area contributed by atoms with Gasteiger partial charge in [-0.2, -0.15) is 0 Å². The van der Waals surface area contributed by atoms with Gasteiger partial charge >= 0.3 is 0 Å². The number of ketones is 1. The molecule has 0 aromatic heterocycles. The molecule has 3 heteroatoms. The van der Waals surface area contributed by atoms with Gasteiger partial charge in [-0.15, -0.1) is 0 Å². The number of rotatable bonds is 5. The zero-order chi connectivity index (χ0) is 14.5. The molecule has 2 rings (SSSR count). The third-order valence-electron chi connectivity index (χ3n) is 3.41. The first-order valence-electron chi connectivity index (χ1n) is 6.60. The van der Waals surface area contributed by atoms with Crippen LogP contribution in [0.3, 0.4) is 0 Å². The average molecular weight is 335 g/mol. The lowest BCUT2D eigenvalue weighted by atomic mass is 9.94. The highest BCUT2D eigenvalue weighted by atomic mass is 79.9. The van der Waals surface area contributed by atoms with Gasteiger partial charge in [-0.3, -0.25) is 4.79 Å². The van der Waals surface area contributed by atoms with E-state index in [0.717, 1.165) is 10.9 Å². The Labute approximate surface area is 127 Å². The Morgan fingerprint density at radius 1 is 1.10 bits per heavy atom. The molecule has 0 fully saturated rings. The topological polar surface area (TPSA) is 17.1 Å². The fourth-order valence-electron chi connectivity index (χ4n) is 2.09. The van der Waals surface area contributed by atoms with Crippen LogP contribution in [-0.2, 0) is 0 Å². The van der Waals surface area contributed by atoms with Crippen molar-refractivity contribution < 1.29 is 9.18 Å². The molecule has 0 bridgehead atoms. The van der Waals surface area contributed by atoms with Crippen molar-refractivity contribution in [1.29, 1.82) is 0 Å². The van der Waals surface area contributed by atoms with E-state index in [1.165, 1.54) is 17.7 Å². The normalized spacial score (nSPS) is 12.2. The molecule has 0 heterocycles. The lowest BCUT2D eigenvalue weighted by Crippen LogP contribution is -2.02. The van der Waals surface area contributed by atoms with Gasteiger partial charge in [-0.25, -0.2) is 4.39 Å². The van der Waals surface area contributed by atoms with Crippen molar-refractivity contribution in [1.82, 2.24) is 0 Å². The lowest BCUT2D eigenvalue weighted by molar-refractivity contribution is 0.0978. The maximum Gasteiger partial charge on any atom is 0.162 e. The fraction of sp³-hybridized carbons (Fsp3) is 0.235. The van der Waals surface area contributed by atoms with Gasteiger partial charge in [0.1, 0.15) is 5.82 Å². The van der Waals surface area contributed by atoms with Gasteiger partial charge in [0.15, 0.2) is 5.78 Å².